The third-order valence-electron chi connectivity index (χ3n) is 11.9. The maximum Gasteiger partial charge on any atom is 0.133 e. The average Bonchev–Trinajstić information content (AvgIpc) is 3.58. The zero-order chi connectivity index (χ0) is 39.5. The Bertz CT molecular complexity index is 2970. The van der Waals surface area contributed by atoms with Gasteiger partial charge in [0.2, 0.25) is 0 Å². The van der Waals surface area contributed by atoms with Crippen molar-refractivity contribution in [2.24, 2.45) is 4.99 Å². The summed E-state index contributed by atoms with van der Waals surface area (Å²) < 4.78 is 6.63. The van der Waals surface area contributed by atoms with Crippen molar-refractivity contribution in [3.05, 3.63) is 239 Å². The van der Waals surface area contributed by atoms with Gasteiger partial charge in [0.1, 0.15) is 17.3 Å². The Morgan fingerprint density at radius 1 is 0.525 bits per heavy atom. The molecule has 1 unspecified atom stereocenters. The first-order valence-electron chi connectivity index (χ1n) is 19.8. The highest BCUT2D eigenvalue weighted by atomic mass is 16.5. The first-order valence-corrected chi connectivity index (χ1v) is 19.8. The Morgan fingerprint density at radius 2 is 1.10 bits per heavy atom. The average molecular weight is 757 g/mol. The van der Waals surface area contributed by atoms with Crippen LogP contribution in [0.15, 0.2) is 199 Å². The first-order chi connectivity index (χ1) is 29.1. The maximum absolute atomic E-state index is 9.56. The van der Waals surface area contributed by atoms with Crippen LogP contribution < -0.4 is 15.8 Å². The van der Waals surface area contributed by atoms with Crippen molar-refractivity contribution in [1.29, 1.82) is 5.26 Å². The Hall–Kier alpha value is -7.94. The molecule has 1 aliphatic carbocycles. The van der Waals surface area contributed by atoms with Crippen LogP contribution in [0.2, 0.25) is 0 Å². The SMILES string of the molecule is N#Cc1cc(N)cc(-c2ccc(-c3ccc4c(c3)-c3cc(C5C=C(c6ccccc6)NC(c6ccccc6)=N5)ccc3C43c4ccccc4Oc4ccccc43)cc2)c1. The van der Waals surface area contributed by atoms with Gasteiger partial charge in [-0.05, 0) is 104 Å². The van der Waals surface area contributed by atoms with Crippen LogP contribution in [0.1, 0.15) is 50.5 Å². The molecule has 0 radical (unpaired) electrons. The summed E-state index contributed by atoms with van der Waals surface area (Å²) in [4.78, 5) is 5.35. The van der Waals surface area contributed by atoms with Crippen molar-refractivity contribution in [3.8, 4) is 50.9 Å². The minimum Gasteiger partial charge on any atom is -0.457 e. The summed E-state index contributed by atoms with van der Waals surface area (Å²) in [6.07, 6.45) is 2.24. The van der Waals surface area contributed by atoms with Gasteiger partial charge in [-0.2, -0.15) is 5.26 Å². The van der Waals surface area contributed by atoms with Gasteiger partial charge in [0.05, 0.1) is 23.1 Å². The quantitative estimate of drug-likeness (QED) is 0.171. The van der Waals surface area contributed by atoms with Gasteiger partial charge in [-0.15, -0.1) is 0 Å². The number of aliphatic imine (C=N–C) groups is 1. The predicted molar refractivity (Wildman–Crippen MR) is 237 cm³/mol. The van der Waals surface area contributed by atoms with Crippen LogP contribution in [-0.2, 0) is 5.41 Å². The van der Waals surface area contributed by atoms with Crippen LogP contribution in [0.3, 0.4) is 0 Å². The van der Waals surface area contributed by atoms with Crippen molar-refractivity contribution in [2.75, 3.05) is 5.73 Å². The lowest BCUT2D eigenvalue weighted by Gasteiger charge is -2.39. The van der Waals surface area contributed by atoms with E-state index < -0.39 is 5.41 Å². The van der Waals surface area contributed by atoms with Crippen molar-refractivity contribution in [1.82, 2.24) is 5.32 Å². The highest BCUT2D eigenvalue weighted by molar-refractivity contribution is 6.05. The lowest BCUT2D eigenvalue weighted by atomic mass is 9.66. The Kier molecular flexibility index (Phi) is 7.92. The molecule has 59 heavy (non-hydrogen) atoms. The number of ether oxygens (including phenoxy) is 1. The van der Waals surface area contributed by atoms with Gasteiger partial charge < -0.3 is 15.8 Å². The molecule has 11 rings (SSSR count). The summed E-state index contributed by atoms with van der Waals surface area (Å²) in [7, 11) is 0. The lowest BCUT2D eigenvalue weighted by Crippen LogP contribution is -2.32. The van der Waals surface area contributed by atoms with Gasteiger partial charge in [0.15, 0.2) is 0 Å². The fourth-order valence-electron chi connectivity index (χ4n) is 9.26. The monoisotopic (exact) mass is 756 g/mol. The summed E-state index contributed by atoms with van der Waals surface area (Å²) in [6, 6.07) is 67.6. The first kappa shape index (κ1) is 34.3. The largest absolute Gasteiger partial charge is 0.457 e. The molecular formula is C54H36N4O. The summed E-state index contributed by atoms with van der Waals surface area (Å²) in [5, 5.41) is 13.2. The van der Waals surface area contributed by atoms with E-state index in [9.17, 15) is 5.26 Å². The summed E-state index contributed by atoms with van der Waals surface area (Å²) in [5.41, 5.74) is 22.1. The zero-order valence-corrected chi connectivity index (χ0v) is 31.9. The molecule has 1 atom stereocenters. The van der Waals surface area contributed by atoms with E-state index in [-0.39, 0.29) is 6.04 Å². The molecule has 0 fully saturated rings. The fraction of sp³-hybridized carbons (Fsp3) is 0.0370. The number of nitrogen functional groups attached to an aromatic ring is 1. The summed E-state index contributed by atoms with van der Waals surface area (Å²) in [5.74, 6) is 2.57. The number of benzene rings is 8. The minimum absolute atomic E-state index is 0.231. The molecule has 3 N–H and O–H groups in total. The molecule has 2 aliphatic heterocycles. The molecule has 5 heteroatoms. The van der Waals surface area contributed by atoms with Crippen molar-refractivity contribution in [2.45, 2.75) is 11.5 Å². The van der Waals surface area contributed by atoms with E-state index in [1.165, 1.54) is 22.3 Å². The molecule has 0 bridgehead atoms. The van der Waals surface area contributed by atoms with E-state index >= 15 is 0 Å². The highest BCUT2D eigenvalue weighted by Crippen LogP contribution is 2.62. The molecule has 8 aromatic carbocycles. The normalized spacial score (nSPS) is 15.3. The highest BCUT2D eigenvalue weighted by Gasteiger charge is 2.51. The van der Waals surface area contributed by atoms with Crippen molar-refractivity contribution >= 4 is 17.2 Å². The number of nitrogens with one attached hydrogen (secondary N) is 1. The van der Waals surface area contributed by atoms with Gasteiger partial charge in [-0.3, -0.25) is 4.99 Å². The van der Waals surface area contributed by atoms with Crippen LogP contribution in [-0.4, -0.2) is 5.84 Å². The topological polar surface area (TPSA) is 83.4 Å². The Balaban J connectivity index is 1.10. The number of nitrogens with two attached hydrogens (primary N) is 1. The van der Waals surface area contributed by atoms with Crippen molar-refractivity contribution in [3.63, 3.8) is 0 Å². The fourth-order valence-corrected chi connectivity index (χ4v) is 9.26. The zero-order valence-electron chi connectivity index (χ0n) is 31.9. The number of hydrogen-bond acceptors (Lipinski definition) is 5. The second-order valence-corrected chi connectivity index (χ2v) is 15.3. The number of amidine groups is 1. The Morgan fingerprint density at radius 3 is 1.78 bits per heavy atom. The molecule has 0 amide bonds. The number of para-hydroxylation sites is 2. The number of nitriles is 1. The van der Waals surface area contributed by atoms with E-state index in [4.69, 9.17) is 15.5 Å². The van der Waals surface area contributed by atoms with Gasteiger partial charge in [0, 0.05) is 28.1 Å². The third-order valence-corrected chi connectivity index (χ3v) is 11.9. The molecule has 3 aliphatic rings. The number of fused-ring (bicyclic) bond motifs is 9. The van der Waals surface area contributed by atoms with E-state index in [0.717, 1.165) is 73.1 Å². The van der Waals surface area contributed by atoms with Gasteiger partial charge >= 0.3 is 0 Å². The van der Waals surface area contributed by atoms with Gasteiger partial charge in [0.25, 0.3) is 0 Å². The van der Waals surface area contributed by atoms with Crippen LogP contribution in [0.5, 0.6) is 11.5 Å². The number of anilines is 1. The molecule has 8 aromatic rings. The van der Waals surface area contributed by atoms with E-state index in [1.807, 2.05) is 36.4 Å². The standard InChI is InChI=1S/C54H36N4O/c55-33-34-27-41(29-42(56)28-34)36-21-19-35(20-22-36)39-23-25-45-43(30-39)44-31-40(50-32-49(37-11-3-1-4-12-37)57-53(58-50)38-13-5-2-6-14-38)24-26-46(44)54(45)47-15-7-9-17-51(47)59-52-18-10-8-16-48(52)54/h1-32,50H,56H2,(H,57,58). The number of hydrogen-bond donors (Lipinski definition) is 2. The predicted octanol–water partition coefficient (Wildman–Crippen LogP) is 12.1. The van der Waals surface area contributed by atoms with Crippen molar-refractivity contribution < 1.29 is 4.74 Å². The van der Waals surface area contributed by atoms with E-state index in [0.29, 0.717) is 11.3 Å². The Labute approximate surface area is 343 Å². The lowest BCUT2D eigenvalue weighted by molar-refractivity contribution is 0.436. The van der Waals surface area contributed by atoms with Crippen LogP contribution >= 0.6 is 0 Å². The summed E-state index contributed by atoms with van der Waals surface area (Å²) in [6.45, 7) is 0. The minimum atomic E-state index is -0.597. The number of nitrogens with zero attached hydrogens (tertiary/aromatic N) is 2. The molecule has 0 saturated heterocycles. The second-order valence-electron chi connectivity index (χ2n) is 15.3. The molecule has 2 heterocycles. The van der Waals surface area contributed by atoms with E-state index in [2.05, 4.69) is 163 Å². The maximum atomic E-state index is 9.56. The third kappa shape index (κ3) is 5.57. The number of rotatable bonds is 5. The molecule has 1 spiro atoms. The second kappa shape index (κ2) is 13.6. The van der Waals surface area contributed by atoms with Crippen LogP contribution in [0, 0.1) is 11.3 Å². The van der Waals surface area contributed by atoms with E-state index in [1.54, 1.807) is 6.07 Å². The van der Waals surface area contributed by atoms with Crippen LogP contribution in [0.25, 0.3) is 39.1 Å². The summed E-state index contributed by atoms with van der Waals surface area (Å²) >= 11 is 0. The van der Waals surface area contributed by atoms with Gasteiger partial charge in [-0.25, -0.2) is 0 Å². The molecule has 0 saturated carbocycles. The molecular weight excluding hydrogens is 721 g/mol. The molecule has 278 valence electrons. The smallest absolute Gasteiger partial charge is 0.133 e. The molecule has 5 nitrogen and oxygen atoms in total. The van der Waals surface area contributed by atoms with Crippen LogP contribution in [0.4, 0.5) is 5.69 Å². The molecule has 0 aromatic heterocycles. The van der Waals surface area contributed by atoms with Gasteiger partial charge in [-0.1, -0.05) is 146 Å².